The van der Waals surface area contributed by atoms with Gasteiger partial charge in [0.25, 0.3) is 0 Å². The zero-order valence-electron chi connectivity index (χ0n) is 14.7. The zero-order valence-corrected chi connectivity index (χ0v) is 14.7. The summed E-state index contributed by atoms with van der Waals surface area (Å²) in [6, 6.07) is 4.14. The first-order chi connectivity index (χ1) is 10.9. The van der Waals surface area contributed by atoms with Crippen molar-refractivity contribution < 1.29 is 4.79 Å². The van der Waals surface area contributed by atoms with Crippen molar-refractivity contribution in [3.63, 3.8) is 0 Å². The van der Waals surface area contributed by atoms with Crippen molar-refractivity contribution in [2.45, 2.75) is 46.6 Å². The van der Waals surface area contributed by atoms with Gasteiger partial charge in [-0.15, -0.1) is 0 Å². The van der Waals surface area contributed by atoms with Gasteiger partial charge in [-0.05, 0) is 48.9 Å². The van der Waals surface area contributed by atoms with Crippen molar-refractivity contribution >= 4 is 5.91 Å². The van der Waals surface area contributed by atoms with Crippen molar-refractivity contribution in [2.75, 3.05) is 26.2 Å². The van der Waals surface area contributed by atoms with Crippen LogP contribution in [0.3, 0.4) is 0 Å². The quantitative estimate of drug-likeness (QED) is 0.860. The van der Waals surface area contributed by atoms with Crippen LogP contribution >= 0.6 is 0 Å². The van der Waals surface area contributed by atoms with E-state index in [1.54, 1.807) is 0 Å². The van der Waals surface area contributed by atoms with Crippen LogP contribution in [-0.2, 0) is 11.3 Å². The second-order valence-electron chi connectivity index (χ2n) is 8.49. The van der Waals surface area contributed by atoms with Crippen molar-refractivity contribution in [1.82, 2.24) is 14.8 Å². The molecule has 2 aliphatic rings. The largest absolute Gasteiger partial charge is 0.342 e. The predicted octanol–water partition coefficient (Wildman–Crippen LogP) is 2.94. The maximum Gasteiger partial charge on any atom is 0.230 e. The molecule has 1 atom stereocenters. The Balaban J connectivity index is 1.66. The smallest absolute Gasteiger partial charge is 0.230 e. The number of carbonyl (C=O) groups is 1. The second-order valence-corrected chi connectivity index (χ2v) is 8.49. The molecule has 0 aromatic carbocycles. The average molecular weight is 315 g/mol. The van der Waals surface area contributed by atoms with Crippen LogP contribution in [0.15, 0.2) is 24.5 Å². The lowest BCUT2D eigenvalue weighted by Gasteiger charge is -2.42. The Morgan fingerprint density at radius 1 is 1.17 bits per heavy atom. The van der Waals surface area contributed by atoms with E-state index in [9.17, 15) is 4.79 Å². The first-order valence-corrected chi connectivity index (χ1v) is 8.79. The maximum absolute atomic E-state index is 13.1. The Labute approximate surface area is 139 Å². The van der Waals surface area contributed by atoms with Crippen molar-refractivity contribution in [1.29, 1.82) is 0 Å². The summed E-state index contributed by atoms with van der Waals surface area (Å²) >= 11 is 0. The van der Waals surface area contributed by atoms with Gasteiger partial charge in [0, 0.05) is 38.6 Å². The summed E-state index contributed by atoms with van der Waals surface area (Å²) < 4.78 is 0. The summed E-state index contributed by atoms with van der Waals surface area (Å²) in [6.07, 6.45) is 6.90. The SMILES string of the molecule is CC(C)(C)CN1CCC[C@@]2(CCN(Cc3ccncc3)C2)C1=O. The van der Waals surface area contributed by atoms with E-state index in [2.05, 4.69) is 47.7 Å². The fourth-order valence-electron chi connectivity index (χ4n) is 4.09. The Kier molecular flexibility index (Phi) is 4.45. The monoisotopic (exact) mass is 315 g/mol. The summed E-state index contributed by atoms with van der Waals surface area (Å²) in [5.41, 5.74) is 1.33. The molecular weight excluding hydrogens is 286 g/mol. The van der Waals surface area contributed by atoms with Crippen molar-refractivity contribution in [3.8, 4) is 0 Å². The van der Waals surface area contributed by atoms with Gasteiger partial charge >= 0.3 is 0 Å². The van der Waals surface area contributed by atoms with Gasteiger partial charge in [-0.3, -0.25) is 14.7 Å². The number of nitrogens with zero attached hydrogens (tertiary/aromatic N) is 3. The minimum absolute atomic E-state index is 0.128. The summed E-state index contributed by atoms with van der Waals surface area (Å²) in [6.45, 7) is 11.3. The topological polar surface area (TPSA) is 36.4 Å². The first kappa shape index (κ1) is 16.4. The number of piperidine rings is 1. The van der Waals surface area contributed by atoms with Crippen LogP contribution in [0.25, 0.3) is 0 Å². The van der Waals surface area contributed by atoms with Crippen LogP contribution in [0.4, 0.5) is 0 Å². The van der Waals surface area contributed by atoms with E-state index in [1.165, 1.54) is 5.56 Å². The molecule has 4 nitrogen and oxygen atoms in total. The van der Waals surface area contributed by atoms with Gasteiger partial charge in [0.05, 0.1) is 5.41 Å². The highest BCUT2D eigenvalue weighted by Gasteiger charge is 2.48. The molecule has 23 heavy (non-hydrogen) atoms. The minimum Gasteiger partial charge on any atom is -0.342 e. The van der Waals surface area contributed by atoms with Crippen LogP contribution in [0.1, 0.15) is 45.6 Å². The Hall–Kier alpha value is -1.42. The molecule has 0 radical (unpaired) electrons. The summed E-state index contributed by atoms with van der Waals surface area (Å²) in [5, 5.41) is 0. The van der Waals surface area contributed by atoms with Gasteiger partial charge in [0.2, 0.25) is 5.91 Å². The number of carbonyl (C=O) groups excluding carboxylic acids is 1. The maximum atomic E-state index is 13.1. The number of aromatic nitrogens is 1. The van der Waals surface area contributed by atoms with Crippen LogP contribution in [0, 0.1) is 10.8 Å². The molecule has 126 valence electrons. The highest BCUT2D eigenvalue weighted by Crippen LogP contribution is 2.41. The third-order valence-corrected chi connectivity index (χ3v) is 5.08. The minimum atomic E-state index is -0.128. The first-order valence-electron chi connectivity index (χ1n) is 8.79. The lowest BCUT2D eigenvalue weighted by Crippen LogP contribution is -2.52. The highest BCUT2D eigenvalue weighted by molar-refractivity contribution is 5.84. The normalized spacial score (nSPS) is 26.2. The fraction of sp³-hybridized carbons (Fsp3) is 0.684. The van der Waals surface area contributed by atoms with Gasteiger partial charge < -0.3 is 4.90 Å². The van der Waals surface area contributed by atoms with E-state index >= 15 is 0 Å². The van der Waals surface area contributed by atoms with E-state index in [1.807, 2.05) is 12.4 Å². The van der Waals surface area contributed by atoms with E-state index in [0.29, 0.717) is 5.91 Å². The molecule has 1 spiro atoms. The number of likely N-dealkylation sites (tertiary alicyclic amines) is 2. The summed E-state index contributed by atoms with van der Waals surface area (Å²) in [4.78, 5) is 21.8. The van der Waals surface area contributed by atoms with Gasteiger partial charge in [0.15, 0.2) is 0 Å². The molecule has 2 saturated heterocycles. The third-order valence-electron chi connectivity index (χ3n) is 5.08. The molecule has 1 amide bonds. The fourth-order valence-corrected chi connectivity index (χ4v) is 4.09. The highest BCUT2D eigenvalue weighted by atomic mass is 16.2. The molecule has 0 unspecified atom stereocenters. The number of hydrogen-bond donors (Lipinski definition) is 0. The molecule has 0 aliphatic carbocycles. The van der Waals surface area contributed by atoms with Gasteiger partial charge in [-0.25, -0.2) is 0 Å². The van der Waals surface area contributed by atoms with Crippen molar-refractivity contribution in [3.05, 3.63) is 30.1 Å². The number of rotatable bonds is 3. The Bertz CT molecular complexity index is 551. The molecule has 1 aromatic rings. The summed E-state index contributed by atoms with van der Waals surface area (Å²) in [5.74, 6) is 0.399. The van der Waals surface area contributed by atoms with Gasteiger partial charge in [-0.1, -0.05) is 20.8 Å². The zero-order chi connectivity index (χ0) is 16.5. The standard InChI is InChI=1S/C19H29N3O/c1-18(2,3)14-22-11-4-7-19(17(22)23)8-12-21(15-19)13-16-5-9-20-10-6-16/h5-6,9-10H,4,7-8,11-15H2,1-3H3/t19-/m0/s1. The number of hydrogen-bond acceptors (Lipinski definition) is 3. The van der Waals surface area contributed by atoms with E-state index < -0.39 is 0 Å². The molecule has 0 bridgehead atoms. The molecule has 2 fully saturated rings. The number of amides is 1. The van der Waals surface area contributed by atoms with E-state index in [4.69, 9.17) is 0 Å². The Morgan fingerprint density at radius 2 is 1.91 bits per heavy atom. The predicted molar refractivity (Wildman–Crippen MR) is 91.8 cm³/mol. The lowest BCUT2D eigenvalue weighted by molar-refractivity contribution is -0.147. The molecule has 0 saturated carbocycles. The number of pyridine rings is 1. The van der Waals surface area contributed by atoms with Crippen LogP contribution < -0.4 is 0 Å². The molecule has 3 heterocycles. The van der Waals surface area contributed by atoms with Gasteiger partial charge in [0.1, 0.15) is 0 Å². The van der Waals surface area contributed by atoms with Crippen LogP contribution in [0.5, 0.6) is 0 Å². The Morgan fingerprint density at radius 3 is 2.61 bits per heavy atom. The lowest BCUT2D eigenvalue weighted by atomic mass is 9.77. The van der Waals surface area contributed by atoms with Crippen LogP contribution in [-0.4, -0.2) is 46.9 Å². The molecular formula is C19H29N3O. The average Bonchev–Trinajstić information content (AvgIpc) is 2.88. The third kappa shape index (κ3) is 3.74. The molecule has 2 aliphatic heterocycles. The molecule has 4 heteroatoms. The van der Waals surface area contributed by atoms with Gasteiger partial charge in [-0.2, -0.15) is 0 Å². The van der Waals surface area contributed by atoms with Crippen molar-refractivity contribution in [2.24, 2.45) is 10.8 Å². The molecule has 1 aromatic heterocycles. The molecule has 0 N–H and O–H groups in total. The molecule has 3 rings (SSSR count). The van der Waals surface area contributed by atoms with E-state index in [-0.39, 0.29) is 10.8 Å². The van der Waals surface area contributed by atoms with Crippen LogP contribution in [0.2, 0.25) is 0 Å². The second kappa shape index (κ2) is 6.23. The van der Waals surface area contributed by atoms with E-state index in [0.717, 1.165) is 52.0 Å². The summed E-state index contributed by atoms with van der Waals surface area (Å²) in [7, 11) is 0.